The zero-order chi connectivity index (χ0) is 21.9. The molecule has 0 aliphatic rings. The van der Waals surface area contributed by atoms with Gasteiger partial charge in [-0.25, -0.2) is 9.48 Å². The first-order valence-corrected chi connectivity index (χ1v) is 9.66. The number of nitrogens with zero attached hydrogens (tertiary/aromatic N) is 2. The summed E-state index contributed by atoms with van der Waals surface area (Å²) in [5.41, 5.74) is 3.76. The highest BCUT2D eigenvalue weighted by molar-refractivity contribution is 6.05. The number of aromatic nitrogens is 2. The Morgan fingerprint density at radius 2 is 1.63 bits per heavy atom. The number of rotatable bonds is 4. The van der Waals surface area contributed by atoms with Crippen molar-refractivity contribution in [2.45, 2.75) is 40.2 Å². The molecule has 1 aromatic heterocycles. The van der Waals surface area contributed by atoms with Crippen LogP contribution in [0.1, 0.15) is 42.5 Å². The van der Waals surface area contributed by atoms with Crippen LogP contribution in [0.5, 0.6) is 0 Å². The second kappa shape index (κ2) is 8.41. The Labute approximate surface area is 176 Å². The summed E-state index contributed by atoms with van der Waals surface area (Å²) in [6, 6.07) is 16.1. The van der Waals surface area contributed by atoms with Gasteiger partial charge in [0.25, 0.3) is 5.91 Å². The number of hydrogen-bond donors (Lipinski definition) is 2. The number of para-hydroxylation sites is 2. The van der Waals surface area contributed by atoms with Gasteiger partial charge in [0.2, 0.25) is 0 Å². The van der Waals surface area contributed by atoms with Crippen molar-refractivity contribution in [1.29, 1.82) is 0 Å². The van der Waals surface area contributed by atoms with Crippen molar-refractivity contribution in [1.82, 2.24) is 9.78 Å². The van der Waals surface area contributed by atoms with E-state index in [-0.39, 0.29) is 5.91 Å². The van der Waals surface area contributed by atoms with E-state index >= 15 is 0 Å². The molecule has 0 radical (unpaired) electrons. The number of ether oxygens (including phenoxy) is 1. The number of carbonyl (C=O) groups is 2. The lowest BCUT2D eigenvalue weighted by atomic mass is 10.1. The summed E-state index contributed by atoms with van der Waals surface area (Å²) < 4.78 is 7.03. The van der Waals surface area contributed by atoms with Gasteiger partial charge < -0.3 is 10.1 Å². The molecule has 2 aromatic carbocycles. The third-order valence-electron chi connectivity index (χ3n) is 4.18. The summed E-state index contributed by atoms with van der Waals surface area (Å²) in [5, 5.41) is 10.1. The SMILES string of the molecule is Cc1cc(C)n(-c2ccccc2NC(=O)c2ccc(NC(=O)OC(C)(C)C)cc2)n1. The van der Waals surface area contributed by atoms with Gasteiger partial charge in [-0.15, -0.1) is 0 Å². The van der Waals surface area contributed by atoms with Crippen molar-refractivity contribution in [2.24, 2.45) is 0 Å². The standard InChI is InChI=1S/C23H26N4O3/c1-15-14-16(2)27(26-15)20-9-7-6-8-19(20)25-21(28)17-10-12-18(13-11-17)24-22(29)30-23(3,4)5/h6-14H,1-5H3,(H,24,29)(H,25,28). The van der Waals surface area contributed by atoms with Crippen LogP contribution >= 0.6 is 0 Å². The van der Waals surface area contributed by atoms with Crippen molar-refractivity contribution < 1.29 is 14.3 Å². The smallest absolute Gasteiger partial charge is 0.412 e. The minimum Gasteiger partial charge on any atom is -0.444 e. The van der Waals surface area contributed by atoms with E-state index in [0.717, 1.165) is 17.1 Å². The molecule has 0 saturated heterocycles. The average molecular weight is 406 g/mol. The number of nitrogens with one attached hydrogen (secondary N) is 2. The van der Waals surface area contributed by atoms with Gasteiger partial charge in [0, 0.05) is 16.9 Å². The molecule has 0 fully saturated rings. The van der Waals surface area contributed by atoms with Gasteiger partial charge in [0.1, 0.15) is 5.60 Å². The Bertz CT molecular complexity index is 1060. The molecule has 1 heterocycles. The Morgan fingerprint density at radius 3 is 2.23 bits per heavy atom. The van der Waals surface area contributed by atoms with Gasteiger partial charge in [0.05, 0.1) is 17.1 Å². The van der Waals surface area contributed by atoms with Crippen molar-refractivity contribution in [3.05, 3.63) is 71.5 Å². The first kappa shape index (κ1) is 21.1. The van der Waals surface area contributed by atoms with Crippen molar-refractivity contribution >= 4 is 23.4 Å². The van der Waals surface area contributed by atoms with Gasteiger partial charge in [-0.2, -0.15) is 5.10 Å². The van der Waals surface area contributed by atoms with Gasteiger partial charge in [0.15, 0.2) is 0 Å². The average Bonchev–Trinajstić information content (AvgIpc) is 2.99. The molecule has 7 heteroatoms. The molecule has 7 nitrogen and oxygen atoms in total. The van der Waals surface area contributed by atoms with Crippen LogP contribution in [-0.2, 0) is 4.74 Å². The molecule has 0 bridgehead atoms. The monoisotopic (exact) mass is 406 g/mol. The number of benzene rings is 2. The van der Waals surface area contributed by atoms with E-state index in [2.05, 4.69) is 15.7 Å². The van der Waals surface area contributed by atoms with Crippen LogP contribution in [-0.4, -0.2) is 27.4 Å². The van der Waals surface area contributed by atoms with Crippen molar-refractivity contribution in [3.63, 3.8) is 0 Å². The van der Waals surface area contributed by atoms with Crippen LogP contribution in [0.25, 0.3) is 5.69 Å². The molecule has 2 N–H and O–H groups in total. The highest BCUT2D eigenvalue weighted by atomic mass is 16.6. The second-order valence-electron chi connectivity index (χ2n) is 8.01. The largest absolute Gasteiger partial charge is 0.444 e. The third kappa shape index (κ3) is 5.26. The molecule has 3 rings (SSSR count). The molecular formula is C23H26N4O3. The van der Waals surface area contributed by atoms with Crippen LogP contribution in [0.15, 0.2) is 54.6 Å². The lowest BCUT2D eigenvalue weighted by Gasteiger charge is -2.19. The maximum atomic E-state index is 12.8. The summed E-state index contributed by atoms with van der Waals surface area (Å²) in [7, 11) is 0. The van der Waals surface area contributed by atoms with E-state index in [1.54, 1.807) is 49.7 Å². The van der Waals surface area contributed by atoms with Crippen LogP contribution in [0, 0.1) is 13.8 Å². The Balaban J connectivity index is 1.73. The van der Waals surface area contributed by atoms with Gasteiger partial charge in [-0.05, 0) is 77.1 Å². The molecule has 0 atom stereocenters. The predicted molar refractivity (Wildman–Crippen MR) is 117 cm³/mol. The van der Waals surface area contributed by atoms with E-state index in [1.807, 2.05) is 44.2 Å². The highest BCUT2D eigenvalue weighted by Gasteiger charge is 2.17. The van der Waals surface area contributed by atoms with E-state index in [9.17, 15) is 9.59 Å². The number of hydrogen-bond acceptors (Lipinski definition) is 4. The zero-order valence-corrected chi connectivity index (χ0v) is 17.8. The molecule has 3 aromatic rings. The first-order valence-electron chi connectivity index (χ1n) is 9.66. The topological polar surface area (TPSA) is 85.2 Å². The highest BCUT2D eigenvalue weighted by Crippen LogP contribution is 2.22. The maximum Gasteiger partial charge on any atom is 0.412 e. The molecule has 0 spiro atoms. The first-order chi connectivity index (χ1) is 14.1. The van der Waals surface area contributed by atoms with Gasteiger partial charge in [-0.3, -0.25) is 10.1 Å². The second-order valence-corrected chi connectivity index (χ2v) is 8.01. The van der Waals surface area contributed by atoms with Crippen LogP contribution in [0.3, 0.4) is 0 Å². The molecule has 0 aliphatic heterocycles. The van der Waals surface area contributed by atoms with Crippen LogP contribution < -0.4 is 10.6 Å². The van der Waals surface area contributed by atoms with E-state index in [0.29, 0.717) is 16.9 Å². The molecule has 0 aliphatic carbocycles. The molecule has 156 valence electrons. The van der Waals surface area contributed by atoms with Crippen molar-refractivity contribution in [2.75, 3.05) is 10.6 Å². The fourth-order valence-corrected chi connectivity index (χ4v) is 2.96. The minimum absolute atomic E-state index is 0.257. The predicted octanol–water partition coefficient (Wildman–Crippen LogP) is 5.09. The molecule has 0 unspecified atom stereocenters. The Hall–Kier alpha value is -3.61. The number of carbonyl (C=O) groups excluding carboxylic acids is 2. The quantitative estimate of drug-likeness (QED) is 0.632. The summed E-state index contributed by atoms with van der Waals surface area (Å²) in [6.07, 6.45) is -0.543. The zero-order valence-electron chi connectivity index (χ0n) is 17.8. The van der Waals surface area contributed by atoms with Gasteiger partial charge >= 0.3 is 6.09 Å². The summed E-state index contributed by atoms with van der Waals surface area (Å²) >= 11 is 0. The summed E-state index contributed by atoms with van der Waals surface area (Å²) in [6.45, 7) is 9.28. The fourth-order valence-electron chi connectivity index (χ4n) is 2.96. The normalized spacial score (nSPS) is 11.1. The third-order valence-corrected chi connectivity index (χ3v) is 4.18. The van der Waals surface area contributed by atoms with Crippen molar-refractivity contribution in [3.8, 4) is 5.69 Å². The number of aryl methyl sites for hydroxylation is 2. The molecular weight excluding hydrogens is 380 g/mol. The molecule has 30 heavy (non-hydrogen) atoms. The van der Waals surface area contributed by atoms with E-state index in [1.165, 1.54) is 0 Å². The number of anilines is 2. The maximum absolute atomic E-state index is 12.8. The number of amides is 2. The van der Waals surface area contributed by atoms with Gasteiger partial charge in [-0.1, -0.05) is 12.1 Å². The van der Waals surface area contributed by atoms with Crippen LogP contribution in [0.2, 0.25) is 0 Å². The van der Waals surface area contributed by atoms with E-state index in [4.69, 9.17) is 4.74 Å². The fraction of sp³-hybridized carbons (Fsp3) is 0.261. The van der Waals surface area contributed by atoms with E-state index < -0.39 is 11.7 Å². The molecule has 2 amide bonds. The minimum atomic E-state index is -0.581. The Morgan fingerprint density at radius 1 is 0.967 bits per heavy atom. The summed E-state index contributed by atoms with van der Waals surface area (Å²) in [5.74, 6) is -0.257. The lowest BCUT2D eigenvalue weighted by molar-refractivity contribution is 0.0636. The Kier molecular flexibility index (Phi) is 5.91. The molecule has 0 saturated carbocycles. The lowest BCUT2D eigenvalue weighted by Crippen LogP contribution is -2.27. The summed E-state index contributed by atoms with van der Waals surface area (Å²) in [4.78, 5) is 24.6. The van der Waals surface area contributed by atoms with Crippen LogP contribution in [0.4, 0.5) is 16.2 Å².